The van der Waals surface area contributed by atoms with Crippen LogP contribution in [0, 0.1) is 12.3 Å². The third-order valence-corrected chi connectivity index (χ3v) is 2.01. The molecule has 0 aliphatic rings. The number of anilines is 1. The van der Waals surface area contributed by atoms with E-state index in [0.29, 0.717) is 17.0 Å². The molecular formula is C12H13N3O2. The molecule has 0 radical (unpaired) electrons. The molecule has 0 bridgehead atoms. The third-order valence-electron chi connectivity index (χ3n) is 2.01. The number of terminal acetylenes is 1. The summed E-state index contributed by atoms with van der Waals surface area (Å²) in [4.78, 5) is 11.4. The number of benzene rings is 1. The fraction of sp³-hybridized carbons (Fsp3) is 0.167. The first kappa shape index (κ1) is 12.6. The highest BCUT2D eigenvalue weighted by atomic mass is 16.5. The van der Waals surface area contributed by atoms with Crippen molar-refractivity contribution in [2.45, 2.75) is 0 Å². The van der Waals surface area contributed by atoms with Crippen LogP contribution in [0.15, 0.2) is 23.3 Å². The van der Waals surface area contributed by atoms with Crippen LogP contribution < -0.4 is 15.5 Å². The predicted molar refractivity (Wildman–Crippen MR) is 67.3 cm³/mol. The van der Waals surface area contributed by atoms with Crippen LogP contribution in [0.2, 0.25) is 0 Å². The second-order valence-corrected chi connectivity index (χ2v) is 3.03. The lowest BCUT2D eigenvalue weighted by molar-refractivity contribution is 0.0963. The number of nitrogens with zero attached hydrogens (tertiary/aromatic N) is 1. The number of methoxy groups -OCH3 is 1. The molecule has 0 heterocycles. The maximum Gasteiger partial charge on any atom is 0.251 e. The number of hydrogen-bond acceptors (Lipinski definition) is 4. The zero-order chi connectivity index (χ0) is 12.7. The Balaban J connectivity index is 2.97. The molecular weight excluding hydrogens is 218 g/mol. The summed E-state index contributed by atoms with van der Waals surface area (Å²) in [6, 6.07) is 4.97. The Morgan fingerprint density at radius 2 is 2.35 bits per heavy atom. The Bertz CT molecular complexity index is 475. The van der Waals surface area contributed by atoms with Crippen LogP contribution in [0.25, 0.3) is 0 Å². The number of hydrazone groups is 1. The molecule has 0 fully saturated rings. The normalized spacial score (nSPS) is 9.71. The van der Waals surface area contributed by atoms with Crippen LogP contribution in [0.3, 0.4) is 0 Å². The fourth-order valence-corrected chi connectivity index (χ4v) is 1.21. The van der Waals surface area contributed by atoms with Crippen molar-refractivity contribution in [1.82, 2.24) is 5.32 Å². The summed E-state index contributed by atoms with van der Waals surface area (Å²) in [5, 5.41) is 6.31. The van der Waals surface area contributed by atoms with Crippen molar-refractivity contribution in [3.63, 3.8) is 0 Å². The van der Waals surface area contributed by atoms with Crippen LogP contribution in [0.5, 0.6) is 5.75 Å². The van der Waals surface area contributed by atoms with E-state index in [1.165, 1.54) is 13.3 Å². The van der Waals surface area contributed by atoms with Crippen molar-refractivity contribution in [2.75, 3.05) is 19.6 Å². The van der Waals surface area contributed by atoms with Gasteiger partial charge in [0.15, 0.2) is 0 Å². The molecule has 1 aromatic carbocycles. The monoisotopic (exact) mass is 231 g/mol. The number of carbonyl (C=O) groups excluding carboxylic acids is 1. The lowest BCUT2D eigenvalue weighted by Crippen LogP contribution is -2.17. The molecule has 0 spiro atoms. The molecule has 1 aromatic rings. The largest absolute Gasteiger partial charge is 0.494 e. The third kappa shape index (κ3) is 3.24. The average molecular weight is 231 g/mol. The van der Waals surface area contributed by atoms with Gasteiger partial charge in [-0.2, -0.15) is 5.10 Å². The maximum atomic E-state index is 11.4. The summed E-state index contributed by atoms with van der Waals surface area (Å²) in [5.41, 5.74) is 3.86. The lowest BCUT2D eigenvalue weighted by Gasteiger charge is -2.09. The van der Waals surface area contributed by atoms with E-state index >= 15 is 0 Å². The van der Waals surface area contributed by atoms with Crippen molar-refractivity contribution in [3.05, 3.63) is 23.8 Å². The van der Waals surface area contributed by atoms with Crippen LogP contribution in [-0.4, -0.2) is 26.3 Å². The van der Waals surface area contributed by atoms with Gasteiger partial charge < -0.3 is 10.1 Å². The zero-order valence-corrected chi connectivity index (χ0v) is 9.65. The Hall–Kier alpha value is -2.48. The molecule has 2 N–H and O–H groups in total. The molecule has 88 valence electrons. The van der Waals surface area contributed by atoms with Gasteiger partial charge in [-0.1, -0.05) is 5.92 Å². The van der Waals surface area contributed by atoms with Gasteiger partial charge in [-0.15, -0.1) is 6.42 Å². The van der Waals surface area contributed by atoms with E-state index in [1.54, 1.807) is 25.2 Å². The van der Waals surface area contributed by atoms with Gasteiger partial charge in [0.05, 0.1) is 19.0 Å². The zero-order valence-electron chi connectivity index (χ0n) is 9.65. The standard InChI is InChI=1S/C12H13N3O2/c1-4-7-14-15-10-6-5-9(12(16)13-2)8-11(10)17-3/h1,5-8,15H,2-3H3,(H,13,16)/b14-7+. The van der Waals surface area contributed by atoms with Crippen LogP contribution >= 0.6 is 0 Å². The van der Waals surface area contributed by atoms with Gasteiger partial charge in [0, 0.05) is 12.6 Å². The van der Waals surface area contributed by atoms with E-state index < -0.39 is 0 Å². The number of hydrogen-bond donors (Lipinski definition) is 2. The van der Waals surface area contributed by atoms with Crippen LogP contribution in [0.1, 0.15) is 10.4 Å². The molecule has 1 rings (SSSR count). The van der Waals surface area contributed by atoms with Crippen LogP contribution in [0.4, 0.5) is 5.69 Å². The summed E-state index contributed by atoms with van der Waals surface area (Å²) in [7, 11) is 3.08. The Morgan fingerprint density at radius 3 is 2.94 bits per heavy atom. The van der Waals surface area contributed by atoms with Crippen molar-refractivity contribution in [3.8, 4) is 18.1 Å². The lowest BCUT2D eigenvalue weighted by atomic mass is 10.2. The van der Waals surface area contributed by atoms with E-state index in [0.717, 1.165) is 0 Å². The van der Waals surface area contributed by atoms with Gasteiger partial charge in [0.1, 0.15) is 5.75 Å². The van der Waals surface area contributed by atoms with Gasteiger partial charge >= 0.3 is 0 Å². The first-order valence-corrected chi connectivity index (χ1v) is 4.86. The van der Waals surface area contributed by atoms with Crippen molar-refractivity contribution >= 4 is 17.8 Å². The summed E-state index contributed by atoms with van der Waals surface area (Å²) in [6.07, 6.45) is 6.31. The molecule has 0 atom stereocenters. The minimum Gasteiger partial charge on any atom is -0.494 e. The van der Waals surface area contributed by atoms with Gasteiger partial charge in [-0.3, -0.25) is 10.2 Å². The molecule has 0 aromatic heterocycles. The molecule has 0 unspecified atom stereocenters. The Kier molecular flexibility index (Phi) is 4.58. The van der Waals surface area contributed by atoms with Gasteiger partial charge in [0.25, 0.3) is 5.91 Å². The van der Waals surface area contributed by atoms with Gasteiger partial charge in [-0.25, -0.2) is 0 Å². The molecule has 5 nitrogen and oxygen atoms in total. The first-order chi connectivity index (χ1) is 8.22. The topological polar surface area (TPSA) is 62.7 Å². The molecule has 0 saturated heterocycles. The molecule has 0 aliphatic carbocycles. The SMILES string of the molecule is C#C/C=N/Nc1ccc(C(=O)NC)cc1OC. The smallest absolute Gasteiger partial charge is 0.251 e. The number of rotatable bonds is 4. The fourth-order valence-electron chi connectivity index (χ4n) is 1.21. The van der Waals surface area contributed by atoms with Crippen molar-refractivity contribution < 1.29 is 9.53 Å². The molecule has 17 heavy (non-hydrogen) atoms. The number of carbonyl (C=O) groups is 1. The Labute approximate surface area is 99.9 Å². The van der Waals surface area contributed by atoms with Gasteiger partial charge in [0.2, 0.25) is 0 Å². The van der Waals surface area contributed by atoms with E-state index in [9.17, 15) is 4.79 Å². The number of amides is 1. The molecule has 5 heteroatoms. The van der Waals surface area contributed by atoms with E-state index in [1.807, 2.05) is 0 Å². The number of ether oxygens (including phenoxy) is 1. The summed E-state index contributed by atoms with van der Waals surface area (Å²) >= 11 is 0. The first-order valence-electron chi connectivity index (χ1n) is 4.86. The highest BCUT2D eigenvalue weighted by molar-refractivity contribution is 5.95. The minimum atomic E-state index is -0.179. The predicted octanol–water partition coefficient (Wildman–Crippen LogP) is 1.09. The highest BCUT2D eigenvalue weighted by Gasteiger charge is 2.08. The molecule has 1 amide bonds. The molecule has 0 saturated carbocycles. The number of nitrogens with one attached hydrogen (secondary N) is 2. The van der Waals surface area contributed by atoms with E-state index in [4.69, 9.17) is 11.2 Å². The van der Waals surface area contributed by atoms with E-state index in [2.05, 4.69) is 21.8 Å². The van der Waals surface area contributed by atoms with E-state index in [-0.39, 0.29) is 5.91 Å². The molecule has 0 aliphatic heterocycles. The minimum absolute atomic E-state index is 0.179. The van der Waals surface area contributed by atoms with Gasteiger partial charge in [-0.05, 0) is 18.2 Å². The van der Waals surface area contributed by atoms with Crippen molar-refractivity contribution in [2.24, 2.45) is 5.10 Å². The Morgan fingerprint density at radius 1 is 1.59 bits per heavy atom. The summed E-state index contributed by atoms with van der Waals surface area (Å²) in [5.74, 6) is 2.59. The van der Waals surface area contributed by atoms with Crippen molar-refractivity contribution in [1.29, 1.82) is 0 Å². The average Bonchev–Trinajstić information content (AvgIpc) is 2.38. The maximum absolute atomic E-state index is 11.4. The second kappa shape index (κ2) is 6.18. The highest BCUT2D eigenvalue weighted by Crippen LogP contribution is 2.25. The summed E-state index contributed by atoms with van der Waals surface area (Å²) in [6.45, 7) is 0. The summed E-state index contributed by atoms with van der Waals surface area (Å²) < 4.78 is 5.14. The van der Waals surface area contributed by atoms with Crippen LogP contribution in [-0.2, 0) is 0 Å². The second-order valence-electron chi connectivity index (χ2n) is 3.03. The quantitative estimate of drug-likeness (QED) is 0.463.